The molecule has 1 aliphatic heterocycles. The Morgan fingerprint density at radius 3 is 2.23 bits per heavy atom. The summed E-state index contributed by atoms with van der Waals surface area (Å²) >= 11 is 0. The van der Waals surface area contributed by atoms with Crippen molar-refractivity contribution in [3.05, 3.63) is 24.0 Å². The van der Waals surface area contributed by atoms with Crippen LogP contribution in [-0.2, 0) is 9.47 Å². The third kappa shape index (κ3) is 8.45. The summed E-state index contributed by atoms with van der Waals surface area (Å²) in [6.07, 6.45) is 6.86. The van der Waals surface area contributed by atoms with Crippen LogP contribution in [0.3, 0.4) is 0 Å². The molecule has 1 aliphatic carbocycles. The zero-order chi connectivity index (χ0) is 19.2. The lowest BCUT2D eigenvalue weighted by molar-refractivity contribution is 0.00721. The first-order chi connectivity index (χ1) is 12.7. The summed E-state index contributed by atoms with van der Waals surface area (Å²) in [5, 5.41) is 7.57. The average Bonchev–Trinajstić information content (AvgIpc) is 2.70. The van der Waals surface area contributed by atoms with Gasteiger partial charge in [0.05, 0.1) is 25.1 Å². The summed E-state index contributed by atoms with van der Waals surface area (Å²) in [5.74, 6) is 0.623. The molecule has 1 aromatic heterocycles. The Hall–Kier alpha value is -1.21. The molecule has 3 rings (SSSR count). The number of aliphatic hydroxyl groups excluding tert-OH is 1. The number of nitrogen functional groups attached to an aromatic ring is 1. The van der Waals surface area contributed by atoms with Crippen LogP contribution in [0.4, 0.5) is 5.69 Å². The second-order valence-corrected chi connectivity index (χ2v) is 6.56. The molecule has 26 heavy (non-hydrogen) atoms. The highest BCUT2D eigenvalue weighted by Crippen LogP contribution is 2.34. The van der Waals surface area contributed by atoms with Gasteiger partial charge >= 0.3 is 0 Å². The number of aliphatic hydroxyl groups is 1. The van der Waals surface area contributed by atoms with Crippen molar-refractivity contribution >= 4 is 5.69 Å². The van der Waals surface area contributed by atoms with Gasteiger partial charge in [0.15, 0.2) is 0 Å². The Kier molecular flexibility index (Phi) is 12.2. The van der Waals surface area contributed by atoms with Crippen molar-refractivity contribution < 1.29 is 14.6 Å². The predicted molar refractivity (Wildman–Crippen MR) is 106 cm³/mol. The number of nitrogens with two attached hydrogens (primary N) is 1. The maximum absolute atomic E-state index is 7.57. The van der Waals surface area contributed by atoms with Gasteiger partial charge in [-0.15, -0.1) is 0 Å². The summed E-state index contributed by atoms with van der Waals surface area (Å²) in [7, 11) is 1.68. The number of anilines is 1. The van der Waals surface area contributed by atoms with E-state index in [1.165, 1.54) is 31.4 Å². The summed E-state index contributed by atoms with van der Waals surface area (Å²) in [6, 6.07) is 4.82. The first-order valence-electron chi connectivity index (χ1n) is 9.79. The van der Waals surface area contributed by atoms with E-state index in [-0.39, 0.29) is 6.61 Å². The maximum atomic E-state index is 7.57. The van der Waals surface area contributed by atoms with Crippen molar-refractivity contribution in [2.24, 2.45) is 0 Å². The summed E-state index contributed by atoms with van der Waals surface area (Å²) in [5.41, 5.74) is 7.67. The minimum absolute atomic E-state index is 0.250. The SMILES string of the molecule is CCO.CCOC.Nc1ccc(C2CCC(N3CCOCC3)CC2)nc1. The van der Waals surface area contributed by atoms with Crippen LogP contribution in [0.5, 0.6) is 0 Å². The molecule has 150 valence electrons. The van der Waals surface area contributed by atoms with Crippen LogP contribution in [0.25, 0.3) is 0 Å². The Labute approximate surface area is 158 Å². The van der Waals surface area contributed by atoms with E-state index in [0.717, 1.165) is 44.6 Å². The van der Waals surface area contributed by atoms with Crippen LogP contribution in [0.1, 0.15) is 51.1 Å². The molecular formula is C20H37N3O3. The third-order valence-corrected chi connectivity index (χ3v) is 4.77. The predicted octanol–water partition coefficient (Wildman–Crippen LogP) is 2.67. The Morgan fingerprint density at radius 2 is 1.77 bits per heavy atom. The van der Waals surface area contributed by atoms with Gasteiger partial charge in [0.25, 0.3) is 0 Å². The second kappa shape index (κ2) is 13.9. The first-order valence-corrected chi connectivity index (χ1v) is 9.79. The summed E-state index contributed by atoms with van der Waals surface area (Å²) in [4.78, 5) is 7.09. The fourth-order valence-corrected chi connectivity index (χ4v) is 3.34. The van der Waals surface area contributed by atoms with Crippen molar-refractivity contribution in [3.63, 3.8) is 0 Å². The van der Waals surface area contributed by atoms with Crippen LogP contribution in [-0.4, -0.2) is 67.7 Å². The number of hydrogen-bond acceptors (Lipinski definition) is 6. The molecule has 1 saturated carbocycles. The van der Waals surface area contributed by atoms with Crippen molar-refractivity contribution in [2.45, 2.75) is 51.5 Å². The number of methoxy groups -OCH3 is 1. The van der Waals surface area contributed by atoms with Crippen molar-refractivity contribution in [2.75, 3.05) is 52.4 Å². The van der Waals surface area contributed by atoms with Crippen LogP contribution in [0.15, 0.2) is 18.3 Å². The van der Waals surface area contributed by atoms with E-state index < -0.39 is 0 Å². The number of pyridine rings is 1. The normalized spacial score (nSPS) is 23.2. The quantitative estimate of drug-likeness (QED) is 0.855. The van der Waals surface area contributed by atoms with Crippen LogP contribution >= 0.6 is 0 Å². The first kappa shape index (κ1) is 22.8. The Balaban J connectivity index is 0.000000419. The molecule has 2 fully saturated rings. The van der Waals surface area contributed by atoms with Crippen molar-refractivity contribution in [3.8, 4) is 0 Å². The smallest absolute Gasteiger partial charge is 0.0594 e. The summed E-state index contributed by atoms with van der Waals surface area (Å²) in [6.45, 7) is 8.73. The van der Waals surface area contributed by atoms with E-state index in [1.807, 2.05) is 13.0 Å². The zero-order valence-electron chi connectivity index (χ0n) is 16.7. The van der Waals surface area contributed by atoms with E-state index in [4.69, 9.17) is 15.6 Å². The van der Waals surface area contributed by atoms with Gasteiger partial charge < -0.3 is 20.3 Å². The lowest BCUT2D eigenvalue weighted by Gasteiger charge is -2.38. The number of rotatable bonds is 3. The van der Waals surface area contributed by atoms with Crippen LogP contribution in [0.2, 0.25) is 0 Å². The highest BCUT2D eigenvalue weighted by molar-refractivity contribution is 5.35. The van der Waals surface area contributed by atoms with Gasteiger partial charge in [-0.1, -0.05) is 0 Å². The minimum atomic E-state index is 0.250. The fourth-order valence-electron chi connectivity index (χ4n) is 3.34. The molecule has 2 aliphatic rings. The molecule has 0 amide bonds. The van der Waals surface area contributed by atoms with Gasteiger partial charge in [-0.25, -0.2) is 0 Å². The molecule has 1 aromatic rings. The minimum Gasteiger partial charge on any atom is -0.397 e. The van der Waals surface area contributed by atoms with Crippen molar-refractivity contribution in [1.82, 2.24) is 9.88 Å². The van der Waals surface area contributed by atoms with E-state index in [0.29, 0.717) is 5.92 Å². The Morgan fingerprint density at radius 1 is 1.19 bits per heavy atom. The number of aromatic nitrogens is 1. The number of ether oxygens (including phenoxy) is 2. The molecule has 6 nitrogen and oxygen atoms in total. The van der Waals surface area contributed by atoms with Crippen molar-refractivity contribution in [1.29, 1.82) is 0 Å². The molecular weight excluding hydrogens is 330 g/mol. The van der Waals surface area contributed by atoms with E-state index in [1.54, 1.807) is 20.2 Å². The van der Waals surface area contributed by atoms with E-state index >= 15 is 0 Å². The van der Waals surface area contributed by atoms with Gasteiger partial charge in [-0.05, 0) is 51.7 Å². The van der Waals surface area contributed by atoms with Gasteiger partial charge in [-0.2, -0.15) is 0 Å². The topological polar surface area (TPSA) is 80.8 Å². The van der Waals surface area contributed by atoms with Crippen LogP contribution in [0, 0.1) is 0 Å². The van der Waals surface area contributed by atoms with E-state index in [2.05, 4.69) is 20.7 Å². The monoisotopic (exact) mass is 367 g/mol. The Bertz CT molecular complexity index is 440. The van der Waals surface area contributed by atoms with E-state index in [9.17, 15) is 0 Å². The molecule has 3 N–H and O–H groups in total. The standard InChI is InChI=1S/C15H23N3O.C3H8O.C2H6O/c16-13-3-6-15(17-11-13)12-1-4-14(5-2-12)18-7-9-19-10-8-18;1-3-4-2;1-2-3/h3,6,11-12,14H,1-2,4-5,7-10,16H2;3H2,1-2H3;3H,2H2,1H3. The lowest BCUT2D eigenvalue weighted by Crippen LogP contribution is -2.44. The molecule has 0 aromatic carbocycles. The molecule has 0 radical (unpaired) electrons. The average molecular weight is 368 g/mol. The molecule has 0 spiro atoms. The van der Waals surface area contributed by atoms with Gasteiger partial charge in [0.2, 0.25) is 0 Å². The largest absolute Gasteiger partial charge is 0.397 e. The zero-order valence-corrected chi connectivity index (χ0v) is 16.7. The number of hydrogen-bond donors (Lipinski definition) is 2. The second-order valence-electron chi connectivity index (χ2n) is 6.56. The highest BCUT2D eigenvalue weighted by atomic mass is 16.5. The molecule has 1 saturated heterocycles. The number of nitrogens with zero attached hydrogens (tertiary/aromatic N) is 2. The fraction of sp³-hybridized carbons (Fsp3) is 0.750. The highest BCUT2D eigenvalue weighted by Gasteiger charge is 2.27. The maximum Gasteiger partial charge on any atom is 0.0594 e. The molecule has 6 heteroatoms. The molecule has 0 bridgehead atoms. The molecule has 0 unspecified atom stereocenters. The summed E-state index contributed by atoms with van der Waals surface area (Å²) < 4.78 is 9.97. The van der Waals surface area contributed by atoms with Gasteiger partial charge in [-0.3, -0.25) is 9.88 Å². The van der Waals surface area contributed by atoms with Crippen LogP contribution < -0.4 is 5.73 Å². The molecule has 0 atom stereocenters. The lowest BCUT2D eigenvalue weighted by atomic mass is 9.83. The molecule has 2 heterocycles. The van der Waals surface area contributed by atoms with Gasteiger partial charge in [0, 0.05) is 51.1 Å². The van der Waals surface area contributed by atoms with Gasteiger partial charge in [0.1, 0.15) is 0 Å². The third-order valence-electron chi connectivity index (χ3n) is 4.77. The number of morpholine rings is 1.